The molecule has 0 fully saturated rings. The van der Waals surface area contributed by atoms with Gasteiger partial charge in [-0.15, -0.1) is 0 Å². The van der Waals surface area contributed by atoms with E-state index < -0.39 is 29.2 Å². The molecule has 0 bridgehead atoms. The fourth-order valence-corrected chi connectivity index (χ4v) is 2.98. The van der Waals surface area contributed by atoms with Gasteiger partial charge in [0.15, 0.2) is 5.69 Å². The number of carbonyl (C=O) groups is 2. The van der Waals surface area contributed by atoms with Gasteiger partial charge in [-0.25, -0.2) is 4.68 Å². The number of methoxy groups -OCH3 is 1. The van der Waals surface area contributed by atoms with Crippen molar-refractivity contribution in [2.24, 2.45) is 0 Å². The number of halogens is 4. The molecular weight excluding hydrogens is 449 g/mol. The van der Waals surface area contributed by atoms with Gasteiger partial charge in [-0.3, -0.25) is 9.59 Å². The van der Waals surface area contributed by atoms with Crippen LogP contribution in [0.15, 0.2) is 54.7 Å². The van der Waals surface area contributed by atoms with E-state index >= 15 is 0 Å². The number of nitrogens with one attached hydrogen (secondary N) is 2. The first kappa shape index (κ1) is 23.1. The molecular formula is C21H18ClF3N4O3. The van der Waals surface area contributed by atoms with Crippen molar-refractivity contribution in [1.82, 2.24) is 20.4 Å². The molecule has 0 aliphatic carbocycles. The molecule has 0 atom stereocenters. The topological polar surface area (TPSA) is 85.2 Å². The number of amides is 2. The van der Waals surface area contributed by atoms with Gasteiger partial charge in [0.05, 0.1) is 24.6 Å². The zero-order valence-electron chi connectivity index (χ0n) is 16.7. The molecule has 0 saturated carbocycles. The molecule has 2 aromatic carbocycles. The van der Waals surface area contributed by atoms with Crippen molar-refractivity contribution < 1.29 is 27.5 Å². The van der Waals surface area contributed by atoms with Crippen LogP contribution in [-0.2, 0) is 6.18 Å². The number of alkyl halides is 3. The molecule has 0 radical (unpaired) electrons. The highest BCUT2D eigenvalue weighted by Crippen LogP contribution is 2.33. The van der Waals surface area contributed by atoms with Crippen molar-refractivity contribution in [3.05, 3.63) is 76.6 Å². The molecule has 0 aliphatic rings. The van der Waals surface area contributed by atoms with Crippen LogP contribution in [0, 0.1) is 0 Å². The summed E-state index contributed by atoms with van der Waals surface area (Å²) in [4.78, 5) is 24.5. The van der Waals surface area contributed by atoms with Crippen molar-refractivity contribution >= 4 is 23.4 Å². The Morgan fingerprint density at radius 3 is 2.16 bits per heavy atom. The van der Waals surface area contributed by atoms with Gasteiger partial charge in [-0.05, 0) is 48.5 Å². The predicted molar refractivity (Wildman–Crippen MR) is 111 cm³/mol. The summed E-state index contributed by atoms with van der Waals surface area (Å²) in [5, 5.41) is 9.01. The second-order valence-corrected chi connectivity index (χ2v) is 6.97. The molecule has 0 spiro atoms. The van der Waals surface area contributed by atoms with Crippen LogP contribution >= 0.6 is 11.6 Å². The van der Waals surface area contributed by atoms with Gasteiger partial charge in [0.1, 0.15) is 5.75 Å². The Morgan fingerprint density at radius 2 is 1.59 bits per heavy atom. The quantitative estimate of drug-likeness (QED) is 0.520. The van der Waals surface area contributed by atoms with E-state index in [4.69, 9.17) is 16.3 Å². The van der Waals surface area contributed by atoms with Gasteiger partial charge in [0.2, 0.25) is 0 Å². The third kappa shape index (κ3) is 5.38. The molecule has 0 aliphatic heterocycles. The zero-order valence-corrected chi connectivity index (χ0v) is 17.5. The van der Waals surface area contributed by atoms with Gasteiger partial charge in [-0.1, -0.05) is 11.6 Å². The number of rotatable bonds is 7. The van der Waals surface area contributed by atoms with Crippen molar-refractivity contribution in [3.63, 3.8) is 0 Å². The smallest absolute Gasteiger partial charge is 0.434 e. The van der Waals surface area contributed by atoms with Gasteiger partial charge >= 0.3 is 6.18 Å². The number of benzene rings is 2. The highest BCUT2D eigenvalue weighted by molar-refractivity contribution is 6.30. The standard InChI is InChI=1S/C21H18ClF3N4O3/c1-32-16-8-2-13(3-9-16)19(30)26-10-11-27-20(31)17-12-28-29(18(17)21(23,24)25)15-6-4-14(22)5-7-15/h2-9,12H,10-11H2,1H3,(H,26,30)(H,27,31). The third-order valence-electron chi connectivity index (χ3n) is 4.40. The number of hydrogen-bond donors (Lipinski definition) is 2. The first-order chi connectivity index (χ1) is 15.2. The summed E-state index contributed by atoms with van der Waals surface area (Å²) in [5.74, 6) is -0.766. The SMILES string of the molecule is COc1ccc(C(=O)NCCNC(=O)c2cnn(-c3ccc(Cl)cc3)c2C(F)(F)F)cc1. The summed E-state index contributed by atoms with van der Waals surface area (Å²) >= 11 is 5.78. The van der Waals surface area contributed by atoms with Crippen molar-refractivity contribution in [1.29, 1.82) is 0 Å². The molecule has 0 unspecified atom stereocenters. The number of ether oxygens (including phenoxy) is 1. The molecule has 3 aromatic rings. The molecule has 32 heavy (non-hydrogen) atoms. The lowest BCUT2D eigenvalue weighted by atomic mass is 10.2. The largest absolute Gasteiger partial charge is 0.497 e. The van der Waals surface area contributed by atoms with Crippen LogP contribution in [0.5, 0.6) is 5.75 Å². The Kier molecular flexibility index (Phi) is 7.04. The van der Waals surface area contributed by atoms with Crippen LogP contribution in [0.3, 0.4) is 0 Å². The van der Waals surface area contributed by atoms with E-state index in [0.29, 0.717) is 21.0 Å². The van der Waals surface area contributed by atoms with Gasteiger partial charge < -0.3 is 15.4 Å². The Balaban J connectivity index is 1.64. The molecule has 2 amide bonds. The number of aromatic nitrogens is 2. The van der Waals surface area contributed by atoms with E-state index in [1.165, 1.54) is 31.4 Å². The minimum absolute atomic E-state index is 0.0171. The van der Waals surface area contributed by atoms with Crippen molar-refractivity contribution in [2.75, 3.05) is 20.2 Å². The molecule has 2 N–H and O–H groups in total. The van der Waals surface area contributed by atoms with Crippen molar-refractivity contribution in [3.8, 4) is 11.4 Å². The first-order valence-corrected chi connectivity index (χ1v) is 9.70. The molecule has 11 heteroatoms. The van der Waals surface area contributed by atoms with Crippen LogP contribution in [0.1, 0.15) is 26.4 Å². The average molecular weight is 467 g/mol. The maximum atomic E-state index is 13.7. The van der Waals surface area contributed by atoms with Crippen LogP contribution in [-0.4, -0.2) is 41.8 Å². The number of hydrogen-bond acceptors (Lipinski definition) is 4. The van der Waals surface area contributed by atoms with Gasteiger partial charge in [-0.2, -0.15) is 18.3 Å². The number of nitrogens with zero attached hydrogens (tertiary/aromatic N) is 2. The monoisotopic (exact) mass is 466 g/mol. The first-order valence-electron chi connectivity index (χ1n) is 9.32. The van der Waals surface area contributed by atoms with E-state index in [2.05, 4.69) is 15.7 Å². The summed E-state index contributed by atoms with van der Waals surface area (Å²) in [6, 6.07) is 11.9. The Labute approximate surface area is 186 Å². The Hall–Kier alpha value is -3.53. The molecule has 1 heterocycles. The molecule has 7 nitrogen and oxygen atoms in total. The van der Waals surface area contributed by atoms with Crippen LogP contribution in [0.25, 0.3) is 5.69 Å². The third-order valence-corrected chi connectivity index (χ3v) is 4.65. The van der Waals surface area contributed by atoms with Crippen LogP contribution < -0.4 is 15.4 Å². The summed E-state index contributed by atoms with van der Waals surface area (Å²) in [6.45, 7) is -0.0621. The lowest BCUT2D eigenvalue weighted by Gasteiger charge is -2.13. The van der Waals surface area contributed by atoms with E-state index in [1.54, 1.807) is 24.3 Å². The van der Waals surface area contributed by atoms with E-state index in [1.807, 2.05) is 0 Å². The lowest BCUT2D eigenvalue weighted by molar-refractivity contribution is -0.143. The average Bonchev–Trinajstić information content (AvgIpc) is 3.23. The predicted octanol–water partition coefficient (Wildman–Crippen LogP) is 3.71. The summed E-state index contributed by atoms with van der Waals surface area (Å²) in [7, 11) is 1.50. The fraction of sp³-hybridized carbons (Fsp3) is 0.190. The molecule has 3 rings (SSSR count). The van der Waals surface area contributed by atoms with Gasteiger partial charge in [0.25, 0.3) is 11.8 Å². The normalized spacial score (nSPS) is 11.2. The number of carbonyl (C=O) groups excluding carboxylic acids is 2. The Morgan fingerprint density at radius 1 is 1.00 bits per heavy atom. The molecule has 168 valence electrons. The maximum absolute atomic E-state index is 13.7. The summed E-state index contributed by atoms with van der Waals surface area (Å²) < 4.78 is 46.7. The van der Waals surface area contributed by atoms with Crippen LogP contribution in [0.2, 0.25) is 5.02 Å². The fourth-order valence-electron chi connectivity index (χ4n) is 2.86. The zero-order chi connectivity index (χ0) is 23.3. The minimum Gasteiger partial charge on any atom is -0.497 e. The van der Waals surface area contributed by atoms with E-state index in [9.17, 15) is 22.8 Å². The van der Waals surface area contributed by atoms with Gasteiger partial charge in [0, 0.05) is 23.7 Å². The second kappa shape index (κ2) is 9.73. The second-order valence-electron chi connectivity index (χ2n) is 6.53. The summed E-state index contributed by atoms with van der Waals surface area (Å²) in [5.41, 5.74) is -1.36. The Bertz CT molecular complexity index is 1100. The van der Waals surface area contributed by atoms with E-state index in [-0.39, 0.29) is 18.8 Å². The highest BCUT2D eigenvalue weighted by Gasteiger charge is 2.40. The maximum Gasteiger partial charge on any atom is 0.434 e. The van der Waals surface area contributed by atoms with Crippen LogP contribution in [0.4, 0.5) is 13.2 Å². The molecule has 0 saturated heterocycles. The van der Waals surface area contributed by atoms with Crippen molar-refractivity contribution in [2.45, 2.75) is 6.18 Å². The molecule has 1 aromatic heterocycles. The minimum atomic E-state index is -4.83. The lowest BCUT2D eigenvalue weighted by Crippen LogP contribution is -2.35. The highest BCUT2D eigenvalue weighted by atomic mass is 35.5. The van der Waals surface area contributed by atoms with E-state index in [0.717, 1.165) is 6.20 Å². The summed E-state index contributed by atoms with van der Waals surface area (Å²) in [6.07, 6.45) is -3.98.